The Morgan fingerprint density at radius 3 is 2.45 bits per heavy atom. The molecular formula is C28H28F3N3O4. The van der Waals surface area contributed by atoms with E-state index >= 15 is 0 Å². The van der Waals surface area contributed by atoms with Crippen molar-refractivity contribution >= 4 is 11.8 Å². The molecule has 0 saturated heterocycles. The highest BCUT2D eigenvalue weighted by Gasteiger charge is 2.44. The second-order valence-electron chi connectivity index (χ2n) is 8.81. The first-order valence-corrected chi connectivity index (χ1v) is 12.1. The molecule has 10 heteroatoms. The van der Waals surface area contributed by atoms with Gasteiger partial charge in [-0.3, -0.25) is 10.2 Å². The van der Waals surface area contributed by atoms with Crippen molar-refractivity contribution in [3.05, 3.63) is 101 Å². The molecular weight excluding hydrogens is 499 g/mol. The number of carbonyl (C=O) groups excluding carboxylic acids is 1. The minimum atomic E-state index is -4.51. The zero-order chi connectivity index (χ0) is 27.0. The molecule has 0 unspecified atom stereocenters. The van der Waals surface area contributed by atoms with E-state index in [1.807, 2.05) is 30.3 Å². The molecule has 1 aliphatic heterocycles. The van der Waals surface area contributed by atoms with Gasteiger partial charge in [0, 0.05) is 31.6 Å². The molecule has 1 heterocycles. The van der Waals surface area contributed by atoms with Crippen LogP contribution in [0.5, 0.6) is 5.75 Å². The van der Waals surface area contributed by atoms with Crippen LogP contribution in [0.4, 0.5) is 13.2 Å². The number of hydrogen-bond acceptors (Lipinski definition) is 6. The number of carbonyl (C=O) groups is 1. The highest BCUT2D eigenvalue weighted by molar-refractivity contribution is 6.00. The quantitative estimate of drug-likeness (QED) is 0.259. The fourth-order valence-electron chi connectivity index (χ4n) is 4.05. The molecule has 7 nitrogen and oxygen atoms in total. The fourth-order valence-corrected chi connectivity index (χ4v) is 4.05. The number of aliphatic imine (C=N–C) groups is 1. The van der Waals surface area contributed by atoms with E-state index in [1.54, 1.807) is 24.3 Å². The summed E-state index contributed by atoms with van der Waals surface area (Å²) in [6.45, 7) is 0.155. The standard InChI is InChI=1S/C28H28F3N3O4/c29-28(30,31)24-10-5-4-9-22(24)18-32-34-26(36)27(17-20-7-2-1-3-8-20)19-38-25(33-27)21-11-13-23(14-12-21)37-16-6-15-35/h1-5,7-14,32,35H,6,15-19H2,(H,34,36)/t27-/m0/s1. The van der Waals surface area contributed by atoms with Crippen LogP contribution in [0, 0.1) is 0 Å². The van der Waals surface area contributed by atoms with E-state index in [1.165, 1.54) is 18.2 Å². The van der Waals surface area contributed by atoms with Crippen molar-refractivity contribution in [2.75, 3.05) is 19.8 Å². The molecule has 4 rings (SSSR count). The molecule has 1 amide bonds. The van der Waals surface area contributed by atoms with Crippen molar-refractivity contribution in [3.63, 3.8) is 0 Å². The Morgan fingerprint density at radius 2 is 1.74 bits per heavy atom. The van der Waals surface area contributed by atoms with E-state index in [2.05, 4.69) is 15.8 Å². The van der Waals surface area contributed by atoms with Crippen molar-refractivity contribution in [3.8, 4) is 5.75 Å². The lowest BCUT2D eigenvalue weighted by Gasteiger charge is -2.23. The lowest BCUT2D eigenvalue weighted by Crippen LogP contribution is -2.52. The third-order valence-electron chi connectivity index (χ3n) is 6.00. The first-order valence-electron chi connectivity index (χ1n) is 12.1. The van der Waals surface area contributed by atoms with Crippen LogP contribution in [0.25, 0.3) is 0 Å². The number of hydrogen-bond donors (Lipinski definition) is 3. The molecule has 0 radical (unpaired) electrons. The van der Waals surface area contributed by atoms with Gasteiger partial charge in [-0.1, -0.05) is 48.5 Å². The Kier molecular flexibility index (Phi) is 8.65. The van der Waals surface area contributed by atoms with Crippen LogP contribution in [0.2, 0.25) is 0 Å². The van der Waals surface area contributed by atoms with Crippen molar-refractivity contribution in [2.24, 2.45) is 4.99 Å². The van der Waals surface area contributed by atoms with Crippen molar-refractivity contribution < 1.29 is 32.5 Å². The maximum Gasteiger partial charge on any atom is 0.416 e. The fraction of sp³-hybridized carbons (Fsp3) is 0.286. The van der Waals surface area contributed by atoms with Gasteiger partial charge in [0.1, 0.15) is 12.4 Å². The molecule has 3 aromatic rings. The van der Waals surface area contributed by atoms with Crippen LogP contribution in [0.1, 0.15) is 28.7 Å². The van der Waals surface area contributed by atoms with Crippen LogP contribution in [0.15, 0.2) is 83.9 Å². The first kappa shape index (κ1) is 27.2. The summed E-state index contributed by atoms with van der Waals surface area (Å²) in [6.07, 6.45) is -3.76. The summed E-state index contributed by atoms with van der Waals surface area (Å²) in [4.78, 5) is 18.1. The van der Waals surface area contributed by atoms with Crippen LogP contribution in [0.3, 0.4) is 0 Å². The number of hydrazine groups is 1. The SMILES string of the molecule is O=C(NNCc1ccccc1C(F)(F)F)[C@]1(Cc2ccccc2)COC(c2ccc(OCCCO)cc2)=N1. The third-order valence-corrected chi connectivity index (χ3v) is 6.00. The normalized spacial score (nSPS) is 17.0. The molecule has 3 N–H and O–H groups in total. The Labute approximate surface area is 218 Å². The van der Waals surface area contributed by atoms with E-state index in [0.29, 0.717) is 24.3 Å². The van der Waals surface area contributed by atoms with Crippen LogP contribution in [-0.4, -0.2) is 42.3 Å². The Bertz CT molecular complexity index is 1250. The van der Waals surface area contributed by atoms with E-state index in [-0.39, 0.29) is 37.6 Å². The number of amides is 1. The molecule has 0 aliphatic carbocycles. The number of benzene rings is 3. The van der Waals surface area contributed by atoms with Crippen LogP contribution in [-0.2, 0) is 28.7 Å². The van der Waals surface area contributed by atoms with Gasteiger partial charge in [0.2, 0.25) is 5.90 Å². The smallest absolute Gasteiger partial charge is 0.416 e. The lowest BCUT2D eigenvalue weighted by atomic mass is 9.91. The van der Waals surface area contributed by atoms with E-state index in [4.69, 9.17) is 14.6 Å². The molecule has 0 aromatic heterocycles. The maximum absolute atomic E-state index is 13.4. The van der Waals surface area contributed by atoms with Gasteiger partial charge < -0.3 is 14.6 Å². The summed E-state index contributed by atoms with van der Waals surface area (Å²) in [7, 11) is 0. The van der Waals surface area contributed by atoms with Crippen molar-refractivity contribution in [1.29, 1.82) is 0 Å². The monoisotopic (exact) mass is 527 g/mol. The van der Waals surface area contributed by atoms with Crippen molar-refractivity contribution in [2.45, 2.75) is 31.1 Å². The number of rotatable bonds is 11. The molecule has 3 aromatic carbocycles. The lowest BCUT2D eigenvalue weighted by molar-refractivity contribution is -0.138. The van der Waals surface area contributed by atoms with Gasteiger partial charge in [-0.25, -0.2) is 10.4 Å². The minimum absolute atomic E-state index is 0.00516. The summed E-state index contributed by atoms with van der Waals surface area (Å²) >= 11 is 0. The Morgan fingerprint density at radius 1 is 1.03 bits per heavy atom. The molecule has 1 aliphatic rings. The summed E-state index contributed by atoms with van der Waals surface area (Å²) in [6, 6.07) is 21.5. The second kappa shape index (κ2) is 12.1. The largest absolute Gasteiger partial charge is 0.494 e. The Balaban J connectivity index is 1.51. The number of aliphatic hydroxyl groups excluding tert-OH is 1. The van der Waals surface area contributed by atoms with Crippen molar-refractivity contribution in [1.82, 2.24) is 10.9 Å². The Hall–Kier alpha value is -3.89. The van der Waals surface area contributed by atoms with Gasteiger partial charge in [-0.05, 0) is 41.5 Å². The van der Waals surface area contributed by atoms with Gasteiger partial charge in [0.25, 0.3) is 5.91 Å². The van der Waals surface area contributed by atoms with Gasteiger partial charge in [0.05, 0.1) is 12.2 Å². The van der Waals surface area contributed by atoms with Gasteiger partial charge >= 0.3 is 6.18 Å². The topological polar surface area (TPSA) is 92.2 Å². The molecule has 200 valence electrons. The van der Waals surface area contributed by atoms with Crippen LogP contribution >= 0.6 is 0 Å². The van der Waals surface area contributed by atoms with E-state index in [0.717, 1.165) is 11.6 Å². The molecule has 0 fully saturated rings. The summed E-state index contributed by atoms with van der Waals surface area (Å²) in [5.41, 5.74) is 4.57. The van der Waals surface area contributed by atoms with E-state index < -0.39 is 23.2 Å². The van der Waals surface area contributed by atoms with E-state index in [9.17, 15) is 18.0 Å². The number of halogens is 3. The predicted molar refractivity (Wildman–Crippen MR) is 135 cm³/mol. The summed E-state index contributed by atoms with van der Waals surface area (Å²) in [5, 5.41) is 8.89. The number of nitrogens with zero attached hydrogens (tertiary/aromatic N) is 1. The average Bonchev–Trinajstić information content (AvgIpc) is 3.35. The molecule has 38 heavy (non-hydrogen) atoms. The number of aliphatic hydroxyl groups is 1. The molecule has 0 bridgehead atoms. The molecule has 0 saturated carbocycles. The average molecular weight is 528 g/mol. The maximum atomic E-state index is 13.4. The second-order valence-corrected chi connectivity index (χ2v) is 8.81. The first-order chi connectivity index (χ1) is 18.3. The number of nitrogens with one attached hydrogen (secondary N) is 2. The summed E-state index contributed by atoms with van der Waals surface area (Å²) < 4.78 is 51.4. The third kappa shape index (κ3) is 6.70. The molecule has 0 spiro atoms. The summed E-state index contributed by atoms with van der Waals surface area (Å²) in [5.74, 6) is 0.377. The number of alkyl halides is 3. The van der Waals surface area contributed by atoms with Gasteiger partial charge in [0.15, 0.2) is 5.54 Å². The van der Waals surface area contributed by atoms with Gasteiger partial charge in [-0.15, -0.1) is 0 Å². The minimum Gasteiger partial charge on any atom is -0.494 e. The zero-order valence-electron chi connectivity index (χ0n) is 20.5. The highest BCUT2D eigenvalue weighted by Crippen LogP contribution is 2.32. The predicted octanol–water partition coefficient (Wildman–Crippen LogP) is 4.05. The van der Waals surface area contributed by atoms with Crippen LogP contribution < -0.4 is 15.6 Å². The highest BCUT2D eigenvalue weighted by atomic mass is 19.4. The zero-order valence-corrected chi connectivity index (χ0v) is 20.5. The van der Waals surface area contributed by atoms with Gasteiger partial charge in [-0.2, -0.15) is 13.2 Å². The molecule has 1 atom stereocenters. The number of ether oxygens (including phenoxy) is 2.